The van der Waals surface area contributed by atoms with Crippen molar-refractivity contribution in [3.8, 4) is 0 Å². The molecule has 0 amide bonds. The van der Waals surface area contributed by atoms with E-state index in [4.69, 9.17) is 4.74 Å². The number of cyclic esters (lactones) is 1. The van der Waals surface area contributed by atoms with Crippen LogP contribution in [-0.2, 0) is 19.1 Å². The first-order valence-corrected chi connectivity index (χ1v) is 4.83. The molecule has 15 heavy (non-hydrogen) atoms. The lowest BCUT2D eigenvalue weighted by Gasteiger charge is -2.20. The van der Waals surface area contributed by atoms with Gasteiger partial charge in [-0.1, -0.05) is 13.8 Å². The van der Waals surface area contributed by atoms with E-state index in [0.717, 1.165) is 0 Å². The van der Waals surface area contributed by atoms with E-state index in [9.17, 15) is 9.59 Å². The zero-order chi connectivity index (χ0) is 11.6. The van der Waals surface area contributed by atoms with Gasteiger partial charge in [0, 0.05) is 11.0 Å². The quantitative estimate of drug-likeness (QED) is 0.513. The topological polar surface area (TPSA) is 52.6 Å². The van der Waals surface area contributed by atoms with Gasteiger partial charge in [0.2, 0.25) is 0 Å². The van der Waals surface area contributed by atoms with Crippen molar-refractivity contribution in [2.24, 2.45) is 5.41 Å². The molecule has 1 saturated heterocycles. The highest BCUT2D eigenvalue weighted by atomic mass is 16.6. The van der Waals surface area contributed by atoms with Crippen LogP contribution in [0, 0.1) is 5.41 Å². The van der Waals surface area contributed by atoms with Crippen LogP contribution in [0.4, 0.5) is 0 Å². The maximum Gasteiger partial charge on any atom is 0.333 e. The second kappa shape index (κ2) is 4.04. The highest BCUT2D eigenvalue weighted by Gasteiger charge is 2.40. The summed E-state index contributed by atoms with van der Waals surface area (Å²) in [4.78, 5) is 22.3. The SMILES string of the molecule is COC(=O)C(C)=CC1OC(=O)CC1(C)C. The van der Waals surface area contributed by atoms with E-state index in [0.29, 0.717) is 12.0 Å². The molecule has 4 heteroatoms. The van der Waals surface area contributed by atoms with Gasteiger partial charge in [-0.05, 0) is 13.0 Å². The molecule has 0 spiro atoms. The number of carbonyl (C=O) groups excluding carboxylic acids is 2. The van der Waals surface area contributed by atoms with Crippen molar-refractivity contribution in [2.75, 3.05) is 7.11 Å². The van der Waals surface area contributed by atoms with Gasteiger partial charge in [0.25, 0.3) is 0 Å². The van der Waals surface area contributed by atoms with Gasteiger partial charge < -0.3 is 9.47 Å². The molecule has 0 bridgehead atoms. The van der Waals surface area contributed by atoms with E-state index in [1.807, 2.05) is 13.8 Å². The summed E-state index contributed by atoms with van der Waals surface area (Å²) in [5, 5.41) is 0. The Balaban J connectivity index is 2.82. The highest BCUT2D eigenvalue weighted by molar-refractivity contribution is 5.88. The van der Waals surface area contributed by atoms with Crippen LogP contribution in [0.25, 0.3) is 0 Å². The lowest BCUT2D eigenvalue weighted by molar-refractivity contribution is -0.140. The van der Waals surface area contributed by atoms with Gasteiger partial charge >= 0.3 is 11.9 Å². The maximum absolute atomic E-state index is 11.2. The summed E-state index contributed by atoms with van der Waals surface area (Å²) in [5.74, 6) is -0.618. The molecule has 84 valence electrons. The number of hydrogen-bond acceptors (Lipinski definition) is 4. The van der Waals surface area contributed by atoms with Crippen LogP contribution in [0.15, 0.2) is 11.6 Å². The van der Waals surface area contributed by atoms with Crippen LogP contribution in [0.2, 0.25) is 0 Å². The first kappa shape index (κ1) is 11.8. The van der Waals surface area contributed by atoms with Gasteiger partial charge in [-0.2, -0.15) is 0 Å². The smallest absolute Gasteiger partial charge is 0.333 e. The molecule has 0 aliphatic carbocycles. The van der Waals surface area contributed by atoms with Gasteiger partial charge in [0.15, 0.2) is 0 Å². The average Bonchev–Trinajstić information content (AvgIpc) is 2.38. The fourth-order valence-electron chi connectivity index (χ4n) is 1.53. The average molecular weight is 212 g/mol. The van der Waals surface area contributed by atoms with Crippen molar-refractivity contribution in [3.05, 3.63) is 11.6 Å². The van der Waals surface area contributed by atoms with Crippen molar-refractivity contribution in [2.45, 2.75) is 33.3 Å². The number of carbonyl (C=O) groups is 2. The molecule has 1 heterocycles. The minimum Gasteiger partial charge on any atom is -0.466 e. The zero-order valence-electron chi connectivity index (χ0n) is 9.49. The Bertz CT molecular complexity index is 315. The molecule has 0 N–H and O–H groups in total. The molecule has 1 aliphatic rings. The molecule has 0 aromatic carbocycles. The van der Waals surface area contributed by atoms with E-state index in [-0.39, 0.29) is 17.5 Å². The molecular formula is C11H16O4. The monoisotopic (exact) mass is 212 g/mol. The molecule has 4 nitrogen and oxygen atoms in total. The van der Waals surface area contributed by atoms with Crippen LogP contribution >= 0.6 is 0 Å². The van der Waals surface area contributed by atoms with Gasteiger partial charge in [-0.15, -0.1) is 0 Å². The Hall–Kier alpha value is -1.32. The summed E-state index contributed by atoms with van der Waals surface area (Å²) in [6.45, 7) is 5.52. The second-order valence-electron chi connectivity index (χ2n) is 4.42. The van der Waals surface area contributed by atoms with Crippen LogP contribution in [0.5, 0.6) is 0 Å². The van der Waals surface area contributed by atoms with Crippen LogP contribution < -0.4 is 0 Å². The van der Waals surface area contributed by atoms with Gasteiger partial charge in [0.05, 0.1) is 13.5 Å². The van der Waals surface area contributed by atoms with Gasteiger partial charge in [0.1, 0.15) is 6.10 Å². The van der Waals surface area contributed by atoms with E-state index in [1.54, 1.807) is 13.0 Å². The number of hydrogen-bond donors (Lipinski definition) is 0. The Kier molecular flexibility index (Phi) is 3.17. The van der Waals surface area contributed by atoms with Crippen LogP contribution in [0.1, 0.15) is 27.2 Å². The lowest BCUT2D eigenvalue weighted by atomic mass is 9.85. The summed E-state index contributed by atoms with van der Waals surface area (Å²) in [6, 6.07) is 0. The molecule has 1 unspecified atom stereocenters. The van der Waals surface area contributed by atoms with E-state index in [2.05, 4.69) is 4.74 Å². The van der Waals surface area contributed by atoms with E-state index in [1.165, 1.54) is 7.11 Å². The summed E-state index contributed by atoms with van der Waals surface area (Å²) < 4.78 is 9.69. The molecule has 1 atom stereocenters. The summed E-state index contributed by atoms with van der Waals surface area (Å²) in [6.07, 6.45) is 1.68. The Morgan fingerprint density at radius 2 is 2.20 bits per heavy atom. The van der Waals surface area contributed by atoms with Crippen molar-refractivity contribution < 1.29 is 19.1 Å². The minimum atomic E-state index is -0.395. The molecular weight excluding hydrogens is 196 g/mol. The predicted molar refractivity (Wildman–Crippen MR) is 54.1 cm³/mol. The first-order valence-electron chi connectivity index (χ1n) is 4.83. The molecule has 1 rings (SSSR count). The van der Waals surface area contributed by atoms with Crippen molar-refractivity contribution >= 4 is 11.9 Å². The molecule has 1 aliphatic heterocycles. The van der Waals surface area contributed by atoms with E-state index < -0.39 is 5.97 Å². The summed E-state index contributed by atoms with van der Waals surface area (Å²) >= 11 is 0. The van der Waals surface area contributed by atoms with Crippen molar-refractivity contribution in [3.63, 3.8) is 0 Å². The van der Waals surface area contributed by atoms with Gasteiger partial charge in [-0.25, -0.2) is 4.79 Å². The third-order valence-corrected chi connectivity index (χ3v) is 2.54. The fraction of sp³-hybridized carbons (Fsp3) is 0.636. The molecule has 0 aromatic heterocycles. The maximum atomic E-state index is 11.2. The first-order chi connectivity index (χ1) is 6.86. The normalized spacial score (nSPS) is 24.9. The lowest BCUT2D eigenvalue weighted by Crippen LogP contribution is -2.23. The van der Waals surface area contributed by atoms with Crippen LogP contribution in [-0.4, -0.2) is 25.2 Å². The zero-order valence-corrected chi connectivity index (χ0v) is 9.49. The Morgan fingerprint density at radius 3 is 2.60 bits per heavy atom. The predicted octanol–water partition coefficient (Wildman–Crippen LogP) is 1.45. The standard InChI is InChI=1S/C11H16O4/c1-7(10(13)14-4)5-8-11(2,3)6-9(12)15-8/h5,8H,6H2,1-4H3. The van der Waals surface area contributed by atoms with Gasteiger partial charge in [-0.3, -0.25) is 4.79 Å². The number of ether oxygens (including phenoxy) is 2. The second-order valence-corrected chi connectivity index (χ2v) is 4.42. The Morgan fingerprint density at radius 1 is 1.60 bits per heavy atom. The van der Waals surface area contributed by atoms with Crippen LogP contribution in [0.3, 0.4) is 0 Å². The van der Waals surface area contributed by atoms with Crippen molar-refractivity contribution in [1.82, 2.24) is 0 Å². The molecule has 0 saturated carbocycles. The summed E-state index contributed by atoms with van der Waals surface area (Å²) in [7, 11) is 1.32. The molecule has 1 fully saturated rings. The summed E-state index contributed by atoms with van der Waals surface area (Å²) in [5.41, 5.74) is 0.206. The Labute approximate surface area is 89.2 Å². The molecule has 0 radical (unpaired) electrons. The third kappa shape index (κ3) is 2.58. The molecule has 0 aromatic rings. The third-order valence-electron chi connectivity index (χ3n) is 2.54. The van der Waals surface area contributed by atoms with Crippen molar-refractivity contribution in [1.29, 1.82) is 0 Å². The number of rotatable bonds is 2. The van der Waals surface area contributed by atoms with E-state index >= 15 is 0 Å². The largest absolute Gasteiger partial charge is 0.466 e. The number of methoxy groups -OCH3 is 1. The minimum absolute atomic E-state index is 0.223. The fourth-order valence-corrected chi connectivity index (χ4v) is 1.53. The highest BCUT2D eigenvalue weighted by Crippen LogP contribution is 2.35. The number of esters is 2.